The number of fused-ring (bicyclic) bond motifs is 3. The first-order valence-electron chi connectivity index (χ1n) is 12.7. The van der Waals surface area contributed by atoms with Crippen LogP contribution in [0.4, 0.5) is 17.6 Å². The molecular weight excluding hydrogens is 448 g/mol. The topological polar surface area (TPSA) is 106 Å². The molecule has 2 fully saturated rings. The molecule has 0 aliphatic carbocycles. The van der Waals surface area contributed by atoms with E-state index in [0.29, 0.717) is 30.5 Å². The van der Waals surface area contributed by atoms with E-state index in [4.69, 9.17) is 15.2 Å². The van der Waals surface area contributed by atoms with Gasteiger partial charge in [-0.05, 0) is 55.9 Å². The van der Waals surface area contributed by atoms with Gasteiger partial charge in [0, 0.05) is 48.2 Å². The number of aromatic amines is 1. The van der Waals surface area contributed by atoms with Crippen LogP contribution in [0.5, 0.6) is 0 Å². The lowest BCUT2D eigenvalue weighted by Crippen LogP contribution is -2.47. The predicted molar refractivity (Wildman–Crippen MR) is 142 cm³/mol. The minimum atomic E-state index is 0.316. The number of aryl methyl sites for hydroxylation is 1. The lowest BCUT2D eigenvalue weighted by Gasteiger charge is -2.38. The van der Waals surface area contributed by atoms with Crippen LogP contribution in [-0.2, 0) is 0 Å². The second-order valence-corrected chi connectivity index (χ2v) is 9.90. The molecule has 1 unspecified atom stereocenters. The van der Waals surface area contributed by atoms with E-state index in [0.717, 1.165) is 58.7 Å². The monoisotopic (exact) mass is 478 g/mol. The first-order valence-corrected chi connectivity index (χ1v) is 12.7. The maximum absolute atomic E-state index is 9.03. The highest BCUT2D eigenvalue weighted by atomic mass is 15.3. The zero-order valence-corrected chi connectivity index (χ0v) is 20.4. The van der Waals surface area contributed by atoms with Crippen molar-refractivity contribution in [3.05, 3.63) is 60.3 Å². The molecule has 182 valence electrons. The van der Waals surface area contributed by atoms with Crippen LogP contribution in [0.2, 0.25) is 0 Å². The fraction of sp³-hybridized carbons (Fsp3) is 0.357. The molecule has 2 aliphatic rings. The van der Waals surface area contributed by atoms with Crippen LogP contribution in [0.25, 0.3) is 22.0 Å². The summed E-state index contributed by atoms with van der Waals surface area (Å²) in [5.41, 5.74) is 4.15. The van der Waals surface area contributed by atoms with Crippen molar-refractivity contribution >= 4 is 28.5 Å². The van der Waals surface area contributed by atoms with E-state index in [1.165, 1.54) is 12.8 Å². The lowest BCUT2D eigenvalue weighted by molar-refractivity contribution is 0.135. The Balaban J connectivity index is 1.31. The van der Waals surface area contributed by atoms with E-state index in [1.807, 2.05) is 19.1 Å². The molecule has 2 bridgehead atoms. The Labute approximate surface area is 210 Å². The molecular formula is C28H30N8. The van der Waals surface area contributed by atoms with E-state index < -0.39 is 0 Å². The van der Waals surface area contributed by atoms with Crippen LogP contribution in [0.3, 0.4) is 0 Å². The number of H-pyrrole nitrogens is 1. The molecule has 8 heteroatoms. The van der Waals surface area contributed by atoms with E-state index >= 15 is 0 Å². The summed E-state index contributed by atoms with van der Waals surface area (Å²) in [6.07, 6.45) is 5.12. The van der Waals surface area contributed by atoms with Crippen LogP contribution in [0, 0.1) is 18.3 Å². The van der Waals surface area contributed by atoms with Crippen molar-refractivity contribution in [2.75, 3.05) is 17.2 Å². The van der Waals surface area contributed by atoms with Gasteiger partial charge >= 0.3 is 0 Å². The Morgan fingerprint density at radius 3 is 2.56 bits per heavy atom. The van der Waals surface area contributed by atoms with Crippen LogP contribution >= 0.6 is 0 Å². The van der Waals surface area contributed by atoms with Crippen molar-refractivity contribution in [1.82, 2.24) is 25.1 Å². The smallest absolute Gasteiger partial charge is 0.225 e. The summed E-state index contributed by atoms with van der Waals surface area (Å²) in [6, 6.07) is 22.3. The maximum Gasteiger partial charge on any atom is 0.225 e. The van der Waals surface area contributed by atoms with Gasteiger partial charge < -0.3 is 10.6 Å². The molecule has 2 aromatic carbocycles. The van der Waals surface area contributed by atoms with Crippen molar-refractivity contribution in [2.24, 2.45) is 0 Å². The average molecular weight is 479 g/mol. The molecule has 0 radical (unpaired) electrons. The van der Waals surface area contributed by atoms with Gasteiger partial charge in [0.1, 0.15) is 5.82 Å². The Kier molecular flexibility index (Phi) is 5.99. The minimum Gasteiger partial charge on any atom is -0.351 e. The molecule has 6 rings (SSSR count). The molecule has 0 amide bonds. The molecule has 4 heterocycles. The van der Waals surface area contributed by atoms with Gasteiger partial charge in [0.25, 0.3) is 0 Å². The molecule has 0 saturated carbocycles. The van der Waals surface area contributed by atoms with Crippen molar-refractivity contribution in [3.8, 4) is 17.2 Å². The zero-order valence-electron chi connectivity index (χ0n) is 20.4. The first-order chi connectivity index (χ1) is 17.7. The van der Waals surface area contributed by atoms with Crippen molar-refractivity contribution in [1.29, 1.82) is 5.26 Å². The summed E-state index contributed by atoms with van der Waals surface area (Å²) in [7, 11) is 0. The average Bonchev–Trinajstić information content (AvgIpc) is 3.41. The Bertz CT molecular complexity index is 1390. The van der Waals surface area contributed by atoms with Crippen LogP contribution in [-0.4, -0.2) is 49.7 Å². The second-order valence-electron chi connectivity index (χ2n) is 9.90. The minimum absolute atomic E-state index is 0.316. The van der Waals surface area contributed by atoms with Crippen molar-refractivity contribution in [2.45, 2.75) is 57.2 Å². The highest BCUT2D eigenvalue weighted by molar-refractivity contribution is 5.94. The summed E-state index contributed by atoms with van der Waals surface area (Å²) >= 11 is 0. The second kappa shape index (κ2) is 9.59. The molecule has 36 heavy (non-hydrogen) atoms. The van der Waals surface area contributed by atoms with E-state index in [9.17, 15) is 0 Å². The molecule has 8 nitrogen and oxygen atoms in total. The molecule has 2 aromatic heterocycles. The van der Waals surface area contributed by atoms with Crippen LogP contribution < -0.4 is 10.6 Å². The number of anilines is 3. The highest BCUT2D eigenvalue weighted by Gasteiger charge is 2.40. The molecule has 4 aromatic rings. The van der Waals surface area contributed by atoms with Gasteiger partial charge in [-0.2, -0.15) is 15.3 Å². The summed E-state index contributed by atoms with van der Waals surface area (Å²) in [6.45, 7) is 2.86. The summed E-state index contributed by atoms with van der Waals surface area (Å²) in [4.78, 5) is 12.4. The third kappa shape index (κ3) is 4.50. The van der Waals surface area contributed by atoms with E-state index in [-0.39, 0.29) is 0 Å². The summed E-state index contributed by atoms with van der Waals surface area (Å²) in [5, 5.41) is 24.4. The number of nitrogens with one attached hydrogen (secondary N) is 3. The van der Waals surface area contributed by atoms with Gasteiger partial charge in [-0.3, -0.25) is 10.00 Å². The van der Waals surface area contributed by atoms with Gasteiger partial charge in [0.2, 0.25) is 5.95 Å². The molecule has 2 aliphatic heterocycles. The number of nitriles is 1. The van der Waals surface area contributed by atoms with Gasteiger partial charge in [-0.15, -0.1) is 0 Å². The predicted octanol–water partition coefficient (Wildman–Crippen LogP) is 5.39. The molecule has 2 saturated heterocycles. The highest BCUT2D eigenvalue weighted by Crippen LogP contribution is 2.37. The Morgan fingerprint density at radius 1 is 1.03 bits per heavy atom. The van der Waals surface area contributed by atoms with E-state index in [1.54, 1.807) is 0 Å². The number of hydrogen-bond donors (Lipinski definition) is 3. The Morgan fingerprint density at radius 2 is 1.83 bits per heavy atom. The fourth-order valence-corrected chi connectivity index (χ4v) is 5.82. The standard InChI is InChI=1S/C28H30N8/c1-18-14-26(35-34-18)32-27-24-11-8-20(19-6-3-2-4-7-19)15-25(24)31-28(33-27)30-21-16-22-9-10-23(17-21)36(22)13-5-12-29/h2-4,6-8,11,14-15,21-23H,5,9-10,13,16-17H2,1H3,(H3,30,31,32,33,34,35)/t21?,22-,23+. The third-order valence-corrected chi connectivity index (χ3v) is 7.46. The quantitative estimate of drug-likeness (QED) is 0.327. The van der Waals surface area contributed by atoms with Gasteiger partial charge in [0.15, 0.2) is 5.82 Å². The van der Waals surface area contributed by atoms with Gasteiger partial charge in [0.05, 0.1) is 11.6 Å². The fourth-order valence-electron chi connectivity index (χ4n) is 5.82. The molecule has 3 atom stereocenters. The first kappa shape index (κ1) is 22.5. The van der Waals surface area contributed by atoms with Crippen molar-refractivity contribution in [3.63, 3.8) is 0 Å². The molecule has 0 spiro atoms. The number of nitrogens with zero attached hydrogens (tertiary/aromatic N) is 5. The number of piperidine rings is 1. The van der Waals surface area contributed by atoms with Gasteiger partial charge in [-0.25, -0.2) is 4.98 Å². The maximum atomic E-state index is 9.03. The van der Waals surface area contributed by atoms with E-state index in [2.05, 4.69) is 74.3 Å². The van der Waals surface area contributed by atoms with Gasteiger partial charge in [-0.1, -0.05) is 36.4 Å². The summed E-state index contributed by atoms with van der Waals surface area (Å²) < 4.78 is 0. The number of hydrogen-bond acceptors (Lipinski definition) is 7. The SMILES string of the molecule is Cc1cc(Nc2nc(NC3C[C@H]4CC[C@@H](C3)N4CCC#N)nc3cc(-c4ccccc4)ccc23)n[nH]1. The number of aromatic nitrogens is 4. The Hall–Kier alpha value is -3.96. The van der Waals surface area contributed by atoms with Crippen LogP contribution in [0.15, 0.2) is 54.6 Å². The van der Waals surface area contributed by atoms with Crippen molar-refractivity contribution < 1.29 is 0 Å². The largest absolute Gasteiger partial charge is 0.351 e. The van der Waals surface area contributed by atoms with Crippen LogP contribution in [0.1, 0.15) is 37.8 Å². The molecule has 3 N–H and O–H groups in total. The normalized spacial score (nSPS) is 21.4. The number of rotatable bonds is 7. The zero-order chi connectivity index (χ0) is 24.5. The third-order valence-electron chi connectivity index (χ3n) is 7.46. The summed E-state index contributed by atoms with van der Waals surface area (Å²) in [5.74, 6) is 2.11. The lowest BCUT2D eigenvalue weighted by atomic mass is 9.97. The number of benzene rings is 2.